The Labute approximate surface area is 76.9 Å². The van der Waals surface area contributed by atoms with Crippen molar-refractivity contribution in [2.24, 2.45) is 11.3 Å². The minimum Gasteiger partial charge on any atom is -0.314 e. The zero-order chi connectivity index (χ0) is 9.19. The van der Waals surface area contributed by atoms with E-state index in [-0.39, 0.29) is 0 Å². The summed E-state index contributed by atoms with van der Waals surface area (Å²) in [7, 11) is 0. The van der Waals surface area contributed by atoms with Crippen LogP contribution < -0.4 is 5.32 Å². The van der Waals surface area contributed by atoms with Crippen LogP contribution in [0.2, 0.25) is 0 Å². The van der Waals surface area contributed by atoms with Crippen LogP contribution >= 0.6 is 0 Å². The van der Waals surface area contributed by atoms with Crippen LogP contribution in [0.15, 0.2) is 0 Å². The van der Waals surface area contributed by atoms with Crippen molar-refractivity contribution in [3.05, 3.63) is 0 Å². The highest BCUT2D eigenvalue weighted by atomic mass is 14.9. The smallest absolute Gasteiger partial charge is 0.00106 e. The summed E-state index contributed by atoms with van der Waals surface area (Å²) in [6.45, 7) is 10.4. The monoisotopic (exact) mass is 169 g/mol. The Balaban J connectivity index is 2.30. The molecule has 0 aromatic rings. The van der Waals surface area contributed by atoms with Crippen LogP contribution in [0.1, 0.15) is 47.0 Å². The number of hydrogen-bond donors (Lipinski definition) is 1. The molecule has 2 unspecified atom stereocenters. The predicted octanol–water partition coefficient (Wildman–Crippen LogP) is 2.81. The first kappa shape index (κ1) is 10.0. The van der Waals surface area contributed by atoms with E-state index in [0.717, 1.165) is 5.92 Å². The number of nitrogens with one attached hydrogen (secondary N) is 1. The molecule has 0 saturated heterocycles. The molecule has 1 fully saturated rings. The molecule has 1 saturated carbocycles. The summed E-state index contributed by atoms with van der Waals surface area (Å²) in [5.41, 5.74) is 0.587. The lowest BCUT2D eigenvalue weighted by Gasteiger charge is -2.25. The van der Waals surface area contributed by atoms with Crippen LogP contribution in [0.4, 0.5) is 0 Å². The maximum Gasteiger partial charge on any atom is 0.00106 e. The van der Waals surface area contributed by atoms with Gasteiger partial charge in [0.25, 0.3) is 0 Å². The Morgan fingerprint density at radius 1 is 1.50 bits per heavy atom. The van der Waals surface area contributed by atoms with Crippen molar-refractivity contribution in [1.82, 2.24) is 5.32 Å². The summed E-state index contributed by atoms with van der Waals surface area (Å²) in [6, 6.07) is 0.637. The summed E-state index contributed by atoms with van der Waals surface area (Å²) in [6.07, 6.45) is 4.25. The molecule has 0 heterocycles. The first-order valence-corrected chi connectivity index (χ1v) is 5.25. The number of hydrogen-bond acceptors (Lipinski definition) is 1. The average Bonchev–Trinajstić information content (AvgIpc) is 2.29. The Morgan fingerprint density at radius 3 is 2.58 bits per heavy atom. The summed E-state index contributed by atoms with van der Waals surface area (Å²) < 4.78 is 0. The molecule has 0 radical (unpaired) electrons. The van der Waals surface area contributed by atoms with E-state index in [1.54, 1.807) is 0 Å². The van der Waals surface area contributed by atoms with Crippen molar-refractivity contribution in [2.75, 3.05) is 6.54 Å². The predicted molar refractivity (Wildman–Crippen MR) is 54.3 cm³/mol. The van der Waals surface area contributed by atoms with Crippen LogP contribution in [0, 0.1) is 11.3 Å². The summed E-state index contributed by atoms with van der Waals surface area (Å²) in [5.74, 6) is 0.948. The van der Waals surface area contributed by atoms with E-state index in [1.165, 1.54) is 25.8 Å². The molecule has 0 spiro atoms. The van der Waals surface area contributed by atoms with E-state index in [4.69, 9.17) is 0 Å². The van der Waals surface area contributed by atoms with Gasteiger partial charge in [-0.2, -0.15) is 0 Å². The molecule has 72 valence electrons. The third kappa shape index (κ3) is 2.78. The molecule has 1 rings (SSSR count). The molecular weight excluding hydrogens is 146 g/mol. The molecule has 2 atom stereocenters. The Hall–Kier alpha value is -0.0400. The van der Waals surface area contributed by atoms with Gasteiger partial charge in [0.2, 0.25) is 0 Å². The van der Waals surface area contributed by atoms with Crippen molar-refractivity contribution < 1.29 is 0 Å². The molecule has 1 N–H and O–H groups in total. The minimum atomic E-state index is 0.587. The van der Waals surface area contributed by atoms with Gasteiger partial charge in [-0.15, -0.1) is 0 Å². The zero-order valence-electron chi connectivity index (χ0n) is 8.98. The van der Waals surface area contributed by atoms with Gasteiger partial charge in [0.1, 0.15) is 0 Å². The lowest BCUT2D eigenvalue weighted by atomic mass is 9.87. The molecule has 0 aliphatic heterocycles. The molecular formula is C11H23N. The zero-order valence-corrected chi connectivity index (χ0v) is 8.98. The third-order valence-electron chi connectivity index (χ3n) is 3.02. The minimum absolute atomic E-state index is 0.587. The maximum atomic E-state index is 3.55. The van der Waals surface area contributed by atoms with Gasteiger partial charge >= 0.3 is 0 Å². The quantitative estimate of drug-likeness (QED) is 0.685. The molecule has 0 bridgehead atoms. The van der Waals surface area contributed by atoms with Gasteiger partial charge in [0.15, 0.2) is 0 Å². The topological polar surface area (TPSA) is 12.0 Å². The molecule has 1 nitrogen and oxygen atoms in total. The molecule has 1 heteroatoms. The van der Waals surface area contributed by atoms with Gasteiger partial charge in [0, 0.05) is 12.6 Å². The molecule has 0 aromatic carbocycles. The highest BCUT2D eigenvalue weighted by molar-refractivity contribution is 4.85. The normalized spacial score (nSPS) is 36.2. The van der Waals surface area contributed by atoms with Crippen LogP contribution in [0.3, 0.4) is 0 Å². The SMILES string of the molecule is CC1CCC(C)(CNC(C)C)C1. The largest absolute Gasteiger partial charge is 0.314 e. The summed E-state index contributed by atoms with van der Waals surface area (Å²) in [4.78, 5) is 0. The molecule has 0 amide bonds. The van der Waals surface area contributed by atoms with Crippen LogP contribution in [-0.2, 0) is 0 Å². The van der Waals surface area contributed by atoms with Crippen molar-refractivity contribution in [3.63, 3.8) is 0 Å². The van der Waals surface area contributed by atoms with Crippen molar-refractivity contribution in [2.45, 2.75) is 53.0 Å². The van der Waals surface area contributed by atoms with E-state index in [1.807, 2.05) is 0 Å². The van der Waals surface area contributed by atoms with E-state index in [2.05, 4.69) is 33.0 Å². The Morgan fingerprint density at radius 2 is 2.17 bits per heavy atom. The summed E-state index contributed by atoms with van der Waals surface area (Å²) >= 11 is 0. The Kier molecular flexibility index (Phi) is 3.16. The van der Waals surface area contributed by atoms with E-state index < -0.39 is 0 Å². The van der Waals surface area contributed by atoms with Crippen LogP contribution in [0.25, 0.3) is 0 Å². The first-order chi connectivity index (χ1) is 5.52. The molecule has 12 heavy (non-hydrogen) atoms. The van der Waals surface area contributed by atoms with Gasteiger partial charge in [0.05, 0.1) is 0 Å². The molecule has 0 aromatic heterocycles. The van der Waals surface area contributed by atoms with Gasteiger partial charge < -0.3 is 5.32 Å². The lowest BCUT2D eigenvalue weighted by molar-refractivity contribution is 0.295. The summed E-state index contributed by atoms with van der Waals surface area (Å²) in [5, 5.41) is 3.55. The van der Waals surface area contributed by atoms with E-state index in [9.17, 15) is 0 Å². The van der Waals surface area contributed by atoms with Crippen molar-refractivity contribution in [3.8, 4) is 0 Å². The van der Waals surface area contributed by atoms with Crippen LogP contribution in [-0.4, -0.2) is 12.6 Å². The van der Waals surface area contributed by atoms with E-state index >= 15 is 0 Å². The van der Waals surface area contributed by atoms with Crippen molar-refractivity contribution >= 4 is 0 Å². The fourth-order valence-corrected chi connectivity index (χ4v) is 2.25. The standard InChI is InChI=1S/C11H23N/c1-9(2)12-8-11(4)6-5-10(3)7-11/h9-10,12H,5-8H2,1-4H3. The van der Waals surface area contributed by atoms with Crippen molar-refractivity contribution in [1.29, 1.82) is 0 Å². The molecule has 1 aliphatic carbocycles. The van der Waals surface area contributed by atoms with Crippen LogP contribution in [0.5, 0.6) is 0 Å². The fraction of sp³-hybridized carbons (Fsp3) is 1.00. The second-order valence-electron chi connectivity index (χ2n) is 5.19. The van der Waals surface area contributed by atoms with Gasteiger partial charge in [-0.3, -0.25) is 0 Å². The van der Waals surface area contributed by atoms with Gasteiger partial charge in [-0.25, -0.2) is 0 Å². The molecule has 1 aliphatic rings. The number of rotatable bonds is 3. The first-order valence-electron chi connectivity index (χ1n) is 5.25. The maximum absolute atomic E-state index is 3.55. The average molecular weight is 169 g/mol. The second kappa shape index (κ2) is 3.78. The second-order valence-corrected chi connectivity index (χ2v) is 5.19. The van der Waals surface area contributed by atoms with Gasteiger partial charge in [-0.05, 0) is 24.2 Å². The van der Waals surface area contributed by atoms with Gasteiger partial charge in [-0.1, -0.05) is 34.1 Å². The highest BCUT2D eigenvalue weighted by Crippen LogP contribution is 2.40. The Bertz CT molecular complexity index is 142. The lowest BCUT2D eigenvalue weighted by Crippen LogP contribution is -2.34. The third-order valence-corrected chi connectivity index (χ3v) is 3.02. The highest BCUT2D eigenvalue weighted by Gasteiger charge is 2.32. The van der Waals surface area contributed by atoms with E-state index in [0.29, 0.717) is 11.5 Å². The fourth-order valence-electron chi connectivity index (χ4n) is 2.25.